The molecule has 0 fully saturated rings. The van der Waals surface area contributed by atoms with Crippen LogP contribution in [0.5, 0.6) is 5.75 Å². The van der Waals surface area contributed by atoms with Crippen LogP contribution in [-0.2, 0) is 0 Å². The van der Waals surface area contributed by atoms with Gasteiger partial charge in [-0.2, -0.15) is 0 Å². The summed E-state index contributed by atoms with van der Waals surface area (Å²) in [7, 11) is 1.50. The molecule has 3 N–H and O–H groups in total. The number of nitrogens with two attached hydrogens (primary N) is 1. The van der Waals surface area contributed by atoms with Crippen LogP contribution in [0.25, 0.3) is 0 Å². The number of rotatable bonds is 4. The Bertz CT molecular complexity index is 619. The molecule has 5 heteroatoms. The molecule has 2 aromatic carbocycles. The lowest BCUT2D eigenvalue weighted by Gasteiger charge is -2.20. The lowest BCUT2D eigenvalue weighted by Crippen LogP contribution is -2.29. The average Bonchev–Trinajstić information content (AvgIpc) is 2.44. The number of hydrogen-bond acceptors (Lipinski definition) is 3. The van der Waals surface area contributed by atoms with Crippen molar-refractivity contribution >= 4 is 15.9 Å². The van der Waals surface area contributed by atoms with Gasteiger partial charge in [-0.1, -0.05) is 39.7 Å². The van der Waals surface area contributed by atoms with E-state index in [4.69, 9.17) is 10.6 Å². The predicted octanol–water partition coefficient (Wildman–Crippen LogP) is 3.46. The number of nitrogens with one attached hydrogen (secondary N) is 1. The molecule has 2 aromatic rings. The summed E-state index contributed by atoms with van der Waals surface area (Å²) in [6, 6.07) is 10.2. The first-order valence-corrected chi connectivity index (χ1v) is 6.91. The van der Waals surface area contributed by atoms with Gasteiger partial charge in [0.1, 0.15) is 11.6 Å². The zero-order valence-corrected chi connectivity index (χ0v) is 12.9. The number of halogens is 2. The Hall–Kier alpha value is -1.43. The van der Waals surface area contributed by atoms with Crippen LogP contribution in [0.4, 0.5) is 4.39 Å². The summed E-state index contributed by atoms with van der Waals surface area (Å²) < 4.78 is 20.1. The van der Waals surface area contributed by atoms with E-state index >= 15 is 0 Å². The highest BCUT2D eigenvalue weighted by Crippen LogP contribution is 2.31. The van der Waals surface area contributed by atoms with E-state index < -0.39 is 6.04 Å². The van der Waals surface area contributed by atoms with Gasteiger partial charge in [0.15, 0.2) is 0 Å². The highest BCUT2D eigenvalue weighted by molar-refractivity contribution is 9.10. The molecule has 0 saturated carbocycles. The van der Waals surface area contributed by atoms with Crippen molar-refractivity contribution < 1.29 is 9.13 Å². The van der Waals surface area contributed by atoms with Gasteiger partial charge in [0.2, 0.25) is 0 Å². The van der Waals surface area contributed by atoms with Crippen LogP contribution in [0.3, 0.4) is 0 Å². The van der Waals surface area contributed by atoms with E-state index in [2.05, 4.69) is 21.4 Å². The maximum absolute atomic E-state index is 14.2. The van der Waals surface area contributed by atoms with Crippen LogP contribution in [0.15, 0.2) is 40.9 Å². The van der Waals surface area contributed by atoms with Gasteiger partial charge in [0, 0.05) is 16.1 Å². The van der Waals surface area contributed by atoms with Crippen LogP contribution < -0.4 is 16.0 Å². The first-order valence-electron chi connectivity index (χ1n) is 6.12. The molecule has 0 saturated heterocycles. The van der Waals surface area contributed by atoms with Gasteiger partial charge in [-0.3, -0.25) is 5.84 Å². The second-order valence-corrected chi connectivity index (χ2v) is 5.37. The minimum atomic E-state index is -0.435. The quantitative estimate of drug-likeness (QED) is 0.663. The minimum absolute atomic E-state index is 0.360. The van der Waals surface area contributed by atoms with E-state index in [1.165, 1.54) is 13.2 Å². The first kappa shape index (κ1) is 15.0. The van der Waals surface area contributed by atoms with Crippen LogP contribution in [0.1, 0.15) is 22.7 Å². The third-order valence-electron chi connectivity index (χ3n) is 3.15. The summed E-state index contributed by atoms with van der Waals surface area (Å²) in [6.45, 7) is 1.98. The van der Waals surface area contributed by atoms with Crippen molar-refractivity contribution in [2.45, 2.75) is 13.0 Å². The van der Waals surface area contributed by atoms with Crippen molar-refractivity contribution in [2.75, 3.05) is 7.11 Å². The van der Waals surface area contributed by atoms with E-state index in [1.54, 1.807) is 12.1 Å². The molecule has 0 aliphatic rings. The molecular formula is C15H16BrFN2O. The Morgan fingerprint density at radius 1 is 1.20 bits per heavy atom. The number of hydrazine groups is 1. The Morgan fingerprint density at radius 3 is 2.55 bits per heavy atom. The minimum Gasteiger partial charge on any atom is -0.497 e. The van der Waals surface area contributed by atoms with Gasteiger partial charge < -0.3 is 4.74 Å². The fourth-order valence-electron chi connectivity index (χ4n) is 2.10. The SMILES string of the molecule is COc1ccc(C(NN)c2cc(C)ccc2Br)c(F)c1. The lowest BCUT2D eigenvalue weighted by atomic mass is 9.97. The van der Waals surface area contributed by atoms with Gasteiger partial charge >= 0.3 is 0 Å². The second kappa shape index (κ2) is 6.35. The molecule has 20 heavy (non-hydrogen) atoms. The summed E-state index contributed by atoms with van der Waals surface area (Å²) in [4.78, 5) is 0. The van der Waals surface area contributed by atoms with E-state index in [-0.39, 0.29) is 5.82 Å². The molecule has 1 atom stereocenters. The van der Waals surface area contributed by atoms with Crippen molar-refractivity contribution in [3.8, 4) is 5.75 Å². The molecule has 0 bridgehead atoms. The maximum Gasteiger partial charge on any atom is 0.132 e. The van der Waals surface area contributed by atoms with Gasteiger partial charge in [-0.05, 0) is 24.6 Å². The summed E-state index contributed by atoms with van der Waals surface area (Å²) in [6.07, 6.45) is 0. The van der Waals surface area contributed by atoms with Crippen LogP contribution in [0, 0.1) is 12.7 Å². The molecule has 0 spiro atoms. The zero-order valence-electron chi connectivity index (χ0n) is 11.3. The normalized spacial score (nSPS) is 12.2. The molecule has 0 radical (unpaired) electrons. The Labute approximate surface area is 126 Å². The first-order chi connectivity index (χ1) is 9.56. The maximum atomic E-state index is 14.2. The lowest BCUT2D eigenvalue weighted by molar-refractivity contribution is 0.410. The van der Waals surface area contributed by atoms with Crippen LogP contribution in [0.2, 0.25) is 0 Å². The van der Waals surface area contributed by atoms with Crippen molar-refractivity contribution in [3.63, 3.8) is 0 Å². The molecule has 0 aliphatic carbocycles. The largest absolute Gasteiger partial charge is 0.497 e. The second-order valence-electron chi connectivity index (χ2n) is 4.51. The van der Waals surface area contributed by atoms with Gasteiger partial charge in [0.05, 0.1) is 13.2 Å². The summed E-state index contributed by atoms with van der Waals surface area (Å²) >= 11 is 3.48. The highest BCUT2D eigenvalue weighted by Gasteiger charge is 2.19. The van der Waals surface area contributed by atoms with Gasteiger partial charge in [-0.25, -0.2) is 9.82 Å². The van der Waals surface area contributed by atoms with Crippen molar-refractivity contribution in [3.05, 3.63) is 63.4 Å². The molecule has 3 nitrogen and oxygen atoms in total. The number of hydrogen-bond donors (Lipinski definition) is 2. The van der Waals surface area contributed by atoms with Crippen molar-refractivity contribution in [1.82, 2.24) is 5.43 Å². The Kier molecular flexibility index (Phi) is 4.75. The van der Waals surface area contributed by atoms with Crippen LogP contribution in [-0.4, -0.2) is 7.11 Å². The molecule has 0 heterocycles. The number of methoxy groups -OCH3 is 1. The van der Waals surface area contributed by atoms with Gasteiger partial charge in [-0.15, -0.1) is 0 Å². The number of ether oxygens (including phenoxy) is 1. The third-order valence-corrected chi connectivity index (χ3v) is 3.87. The molecule has 0 aliphatic heterocycles. The molecule has 2 rings (SSSR count). The van der Waals surface area contributed by atoms with Crippen molar-refractivity contribution in [1.29, 1.82) is 0 Å². The van der Waals surface area contributed by atoms with Crippen LogP contribution >= 0.6 is 15.9 Å². The third kappa shape index (κ3) is 3.00. The topological polar surface area (TPSA) is 47.3 Å². The molecule has 106 valence electrons. The van der Waals surface area contributed by atoms with Gasteiger partial charge in [0.25, 0.3) is 0 Å². The van der Waals surface area contributed by atoms with E-state index in [0.717, 1.165) is 15.6 Å². The fourth-order valence-corrected chi connectivity index (χ4v) is 2.58. The van der Waals surface area contributed by atoms with E-state index in [9.17, 15) is 4.39 Å². The Balaban J connectivity index is 2.49. The van der Waals surface area contributed by atoms with Crippen molar-refractivity contribution in [2.24, 2.45) is 5.84 Å². The molecule has 0 aromatic heterocycles. The standard InChI is InChI=1S/C15H16BrFN2O/c1-9-3-6-13(16)12(7-9)15(19-18)11-5-4-10(20-2)8-14(11)17/h3-8,15,19H,18H2,1-2H3. The average molecular weight is 339 g/mol. The fraction of sp³-hybridized carbons (Fsp3) is 0.200. The Morgan fingerprint density at radius 2 is 1.95 bits per heavy atom. The smallest absolute Gasteiger partial charge is 0.132 e. The van der Waals surface area contributed by atoms with E-state index in [1.807, 2.05) is 25.1 Å². The molecule has 1 unspecified atom stereocenters. The molecular weight excluding hydrogens is 323 g/mol. The zero-order chi connectivity index (χ0) is 14.7. The predicted molar refractivity (Wildman–Crippen MR) is 81.0 cm³/mol. The highest BCUT2D eigenvalue weighted by atomic mass is 79.9. The summed E-state index contributed by atoms with van der Waals surface area (Å²) in [5.41, 5.74) is 5.11. The number of aryl methyl sites for hydroxylation is 1. The summed E-state index contributed by atoms with van der Waals surface area (Å²) in [5.74, 6) is 5.74. The summed E-state index contributed by atoms with van der Waals surface area (Å²) in [5, 5.41) is 0. The monoisotopic (exact) mass is 338 g/mol. The number of benzene rings is 2. The molecule has 0 amide bonds. The van der Waals surface area contributed by atoms with E-state index in [0.29, 0.717) is 11.3 Å².